The van der Waals surface area contributed by atoms with Gasteiger partial charge in [-0.1, -0.05) is 12.8 Å². The molecule has 3 fully saturated rings. The first-order chi connectivity index (χ1) is 10.7. The SMILES string of the molecule is O=C(NCC1OCC(NC2CCNCC2)C1O)C1CCCC1. The molecule has 0 aromatic carbocycles. The van der Waals surface area contributed by atoms with E-state index < -0.39 is 6.10 Å². The zero-order valence-electron chi connectivity index (χ0n) is 13.2. The molecule has 0 aromatic heterocycles. The van der Waals surface area contributed by atoms with Gasteiger partial charge in [-0.3, -0.25) is 4.79 Å². The summed E-state index contributed by atoms with van der Waals surface area (Å²) in [5.41, 5.74) is 0. The Bertz CT molecular complexity index is 368. The highest BCUT2D eigenvalue weighted by Gasteiger charge is 2.37. The van der Waals surface area contributed by atoms with E-state index in [9.17, 15) is 9.90 Å². The number of piperidine rings is 1. The fraction of sp³-hybridized carbons (Fsp3) is 0.938. The molecule has 2 heterocycles. The van der Waals surface area contributed by atoms with E-state index in [1.807, 2.05) is 0 Å². The van der Waals surface area contributed by atoms with E-state index in [2.05, 4.69) is 16.0 Å². The standard InChI is InChI=1S/C16H29N3O3/c20-15-13(19-12-5-7-17-8-6-12)10-22-14(15)9-18-16(21)11-3-1-2-4-11/h11-15,17,19-20H,1-10H2,(H,18,21). The molecule has 3 aliphatic rings. The number of ether oxygens (including phenoxy) is 1. The molecule has 0 bridgehead atoms. The van der Waals surface area contributed by atoms with Crippen LogP contribution in [0.25, 0.3) is 0 Å². The maximum atomic E-state index is 12.0. The van der Waals surface area contributed by atoms with Crippen molar-refractivity contribution in [1.29, 1.82) is 0 Å². The molecule has 2 saturated heterocycles. The van der Waals surface area contributed by atoms with Crippen molar-refractivity contribution >= 4 is 5.91 Å². The van der Waals surface area contributed by atoms with Crippen LogP contribution in [0.15, 0.2) is 0 Å². The molecule has 3 unspecified atom stereocenters. The van der Waals surface area contributed by atoms with Crippen molar-refractivity contribution in [3.63, 3.8) is 0 Å². The molecule has 3 atom stereocenters. The Hall–Kier alpha value is -0.690. The Morgan fingerprint density at radius 3 is 2.64 bits per heavy atom. The molecule has 2 aliphatic heterocycles. The smallest absolute Gasteiger partial charge is 0.223 e. The number of aliphatic hydroxyl groups excluding tert-OH is 1. The second-order valence-electron chi connectivity index (χ2n) is 6.89. The molecule has 6 nitrogen and oxygen atoms in total. The molecule has 1 amide bonds. The summed E-state index contributed by atoms with van der Waals surface area (Å²) < 4.78 is 5.69. The second-order valence-corrected chi connectivity index (χ2v) is 6.89. The van der Waals surface area contributed by atoms with E-state index in [4.69, 9.17) is 4.74 Å². The van der Waals surface area contributed by atoms with Crippen LogP contribution >= 0.6 is 0 Å². The summed E-state index contributed by atoms with van der Waals surface area (Å²) in [6.45, 7) is 3.00. The van der Waals surface area contributed by atoms with Crippen molar-refractivity contribution in [3.8, 4) is 0 Å². The van der Waals surface area contributed by atoms with Gasteiger partial charge >= 0.3 is 0 Å². The lowest BCUT2D eigenvalue weighted by atomic mass is 10.0. The van der Waals surface area contributed by atoms with Gasteiger partial charge in [0.05, 0.1) is 18.8 Å². The van der Waals surface area contributed by atoms with E-state index in [1.165, 1.54) is 0 Å². The van der Waals surface area contributed by atoms with Crippen molar-refractivity contribution < 1.29 is 14.6 Å². The number of carbonyl (C=O) groups is 1. The molecule has 1 saturated carbocycles. The Morgan fingerprint density at radius 2 is 1.91 bits per heavy atom. The van der Waals surface area contributed by atoms with Crippen LogP contribution in [-0.2, 0) is 9.53 Å². The molecule has 22 heavy (non-hydrogen) atoms. The van der Waals surface area contributed by atoms with Crippen molar-refractivity contribution in [3.05, 3.63) is 0 Å². The number of nitrogens with one attached hydrogen (secondary N) is 3. The topological polar surface area (TPSA) is 82.6 Å². The Morgan fingerprint density at radius 1 is 1.18 bits per heavy atom. The van der Waals surface area contributed by atoms with Gasteiger partial charge in [0.1, 0.15) is 6.10 Å². The first kappa shape index (κ1) is 16.2. The van der Waals surface area contributed by atoms with Crippen molar-refractivity contribution in [1.82, 2.24) is 16.0 Å². The number of hydrogen-bond acceptors (Lipinski definition) is 5. The lowest BCUT2D eigenvalue weighted by Gasteiger charge is -2.28. The quantitative estimate of drug-likeness (QED) is 0.563. The molecular formula is C16H29N3O3. The highest BCUT2D eigenvalue weighted by Crippen LogP contribution is 2.24. The van der Waals surface area contributed by atoms with E-state index in [0.29, 0.717) is 19.2 Å². The average Bonchev–Trinajstić information content (AvgIpc) is 3.18. The molecule has 126 valence electrons. The third kappa shape index (κ3) is 3.98. The number of amides is 1. The maximum absolute atomic E-state index is 12.0. The zero-order valence-corrected chi connectivity index (χ0v) is 13.2. The van der Waals surface area contributed by atoms with Gasteiger partial charge in [0.2, 0.25) is 5.91 Å². The lowest BCUT2D eigenvalue weighted by Crippen LogP contribution is -2.51. The zero-order chi connectivity index (χ0) is 15.4. The minimum atomic E-state index is -0.543. The van der Waals surface area contributed by atoms with Crippen LogP contribution in [0.1, 0.15) is 38.5 Å². The summed E-state index contributed by atoms with van der Waals surface area (Å²) in [5, 5.41) is 20.2. The molecular weight excluding hydrogens is 282 g/mol. The molecule has 0 aromatic rings. The predicted octanol–water partition coefficient (Wildman–Crippen LogP) is -0.237. The van der Waals surface area contributed by atoms with E-state index in [-0.39, 0.29) is 24.0 Å². The number of carbonyl (C=O) groups excluding carboxylic acids is 1. The summed E-state index contributed by atoms with van der Waals surface area (Å²) >= 11 is 0. The van der Waals surface area contributed by atoms with Crippen LogP contribution in [0.3, 0.4) is 0 Å². The van der Waals surface area contributed by atoms with Gasteiger partial charge in [-0.2, -0.15) is 0 Å². The number of rotatable bonds is 5. The highest BCUT2D eigenvalue weighted by molar-refractivity contribution is 5.78. The van der Waals surface area contributed by atoms with Crippen molar-refractivity contribution in [2.45, 2.75) is 62.8 Å². The first-order valence-corrected chi connectivity index (χ1v) is 8.78. The third-order valence-electron chi connectivity index (χ3n) is 5.28. The fourth-order valence-corrected chi connectivity index (χ4v) is 3.83. The Balaban J connectivity index is 1.40. The maximum Gasteiger partial charge on any atom is 0.223 e. The van der Waals surface area contributed by atoms with Gasteiger partial charge in [-0.15, -0.1) is 0 Å². The molecule has 0 spiro atoms. The van der Waals surface area contributed by atoms with Crippen LogP contribution in [0.2, 0.25) is 0 Å². The molecule has 3 rings (SSSR count). The highest BCUT2D eigenvalue weighted by atomic mass is 16.5. The minimum Gasteiger partial charge on any atom is -0.389 e. The monoisotopic (exact) mass is 311 g/mol. The summed E-state index contributed by atoms with van der Waals surface area (Å²) in [6, 6.07) is 0.438. The van der Waals surface area contributed by atoms with Gasteiger partial charge < -0.3 is 25.8 Å². The predicted molar refractivity (Wildman–Crippen MR) is 83.5 cm³/mol. The average molecular weight is 311 g/mol. The van der Waals surface area contributed by atoms with Crippen LogP contribution in [0, 0.1) is 5.92 Å². The lowest BCUT2D eigenvalue weighted by molar-refractivity contribution is -0.125. The summed E-state index contributed by atoms with van der Waals surface area (Å²) in [6.07, 6.45) is 5.66. The van der Waals surface area contributed by atoms with Gasteiger partial charge in [0, 0.05) is 18.5 Å². The first-order valence-electron chi connectivity index (χ1n) is 8.78. The molecule has 1 aliphatic carbocycles. The van der Waals surface area contributed by atoms with E-state index in [0.717, 1.165) is 51.6 Å². The number of aliphatic hydroxyl groups is 1. The fourth-order valence-electron chi connectivity index (χ4n) is 3.83. The molecule has 4 N–H and O–H groups in total. The summed E-state index contributed by atoms with van der Waals surface area (Å²) in [7, 11) is 0. The van der Waals surface area contributed by atoms with Crippen molar-refractivity contribution in [2.75, 3.05) is 26.2 Å². The van der Waals surface area contributed by atoms with Crippen LogP contribution in [0.5, 0.6) is 0 Å². The molecule has 0 radical (unpaired) electrons. The van der Waals surface area contributed by atoms with Crippen LogP contribution in [-0.4, -0.2) is 61.5 Å². The second kappa shape index (κ2) is 7.73. The third-order valence-corrected chi connectivity index (χ3v) is 5.28. The largest absolute Gasteiger partial charge is 0.389 e. The normalized spacial score (nSPS) is 34.1. The van der Waals surface area contributed by atoms with E-state index >= 15 is 0 Å². The van der Waals surface area contributed by atoms with Gasteiger partial charge in [-0.05, 0) is 38.8 Å². The minimum absolute atomic E-state index is 0.0171. The van der Waals surface area contributed by atoms with E-state index in [1.54, 1.807) is 0 Å². The summed E-state index contributed by atoms with van der Waals surface area (Å²) in [4.78, 5) is 12.0. The van der Waals surface area contributed by atoms with Crippen molar-refractivity contribution in [2.24, 2.45) is 5.92 Å². The van der Waals surface area contributed by atoms with Crippen LogP contribution < -0.4 is 16.0 Å². The Kier molecular flexibility index (Phi) is 5.68. The number of hydrogen-bond donors (Lipinski definition) is 4. The molecule has 6 heteroatoms. The van der Waals surface area contributed by atoms with Crippen LogP contribution in [0.4, 0.5) is 0 Å². The summed E-state index contributed by atoms with van der Waals surface area (Å²) in [5.74, 6) is 0.297. The van der Waals surface area contributed by atoms with Gasteiger partial charge in [0.25, 0.3) is 0 Å². The van der Waals surface area contributed by atoms with Gasteiger partial charge in [0.15, 0.2) is 0 Å². The Labute approximate surface area is 132 Å². The van der Waals surface area contributed by atoms with Gasteiger partial charge in [-0.25, -0.2) is 0 Å².